The van der Waals surface area contributed by atoms with Gasteiger partial charge in [0.05, 0.1) is 19.3 Å². The highest BCUT2D eigenvalue weighted by Gasteiger charge is 2.39. The van der Waals surface area contributed by atoms with Crippen molar-refractivity contribution in [3.63, 3.8) is 0 Å². The Balaban J connectivity index is 2.28. The number of aliphatic hydroxyl groups is 1. The fourth-order valence-electron chi connectivity index (χ4n) is 2.62. The van der Waals surface area contributed by atoms with E-state index in [0.717, 1.165) is 0 Å². The van der Waals surface area contributed by atoms with Gasteiger partial charge in [0.1, 0.15) is 6.04 Å². The Morgan fingerprint density at radius 1 is 1.22 bits per heavy atom. The van der Waals surface area contributed by atoms with Crippen molar-refractivity contribution in [3.05, 3.63) is 23.8 Å². The molecule has 0 saturated carbocycles. The predicted octanol–water partition coefficient (Wildman–Crippen LogP) is 1.14. The lowest BCUT2D eigenvalue weighted by Crippen LogP contribution is -2.40. The third kappa shape index (κ3) is 3.73. The van der Waals surface area contributed by atoms with Gasteiger partial charge in [-0.25, -0.2) is 4.79 Å². The second kappa shape index (κ2) is 7.32. The molecule has 2 atom stereocenters. The minimum Gasteiger partial charge on any atom is -0.490 e. The van der Waals surface area contributed by atoms with Crippen molar-refractivity contribution in [1.82, 2.24) is 4.90 Å². The number of carboxylic acid groups (broad SMARTS) is 1. The third-order valence-electron chi connectivity index (χ3n) is 3.62. The van der Waals surface area contributed by atoms with E-state index in [9.17, 15) is 19.8 Å². The van der Waals surface area contributed by atoms with Crippen LogP contribution >= 0.6 is 0 Å². The Kier molecular flexibility index (Phi) is 5.44. The van der Waals surface area contributed by atoms with Crippen LogP contribution in [0.2, 0.25) is 0 Å². The molecule has 1 amide bonds. The van der Waals surface area contributed by atoms with E-state index in [4.69, 9.17) is 9.47 Å². The first-order valence-corrected chi connectivity index (χ1v) is 7.59. The smallest absolute Gasteiger partial charge is 0.326 e. The molecule has 1 heterocycles. The van der Waals surface area contributed by atoms with Gasteiger partial charge in [-0.05, 0) is 32.0 Å². The van der Waals surface area contributed by atoms with Gasteiger partial charge in [0, 0.05) is 18.5 Å². The monoisotopic (exact) mass is 323 g/mol. The molecule has 1 aromatic rings. The maximum atomic E-state index is 12.6. The van der Waals surface area contributed by atoms with Crippen LogP contribution in [-0.4, -0.2) is 58.9 Å². The topological polar surface area (TPSA) is 96.3 Å². The van der Waals surface area contributed by atoms with Gasteiger partial charge in [-0.2, -0.15) is 0 Å². The van der Waals surface area contributed by atoms with Crippen LogP contribution in [-0.2, 0) is 4.79 Å². The van der Waals surface area contributed by atoms with E-state index in [0.29, 0.717) is 30.3 Å². The molecule has 1 aliphatic heterocycles. The zero-order valence-electron chi connectivity index (χ0n) is 13.2. The van der Waals surface area contributed by atoms with E-state index in [2.05, 4.69) is 0 Å². The molecule has 126 valence electrons. The molecule has 2 rings (SSSR count). The van der Waals surface area contributed by atoms with Crippen LogP contribution in [0, 0.1) is 0 Å². The number of aliphatic hydroxyl groups excluding tert-OH is 1. The van der Waals surface area contributed by atoms with Crippen LogP contribution in [0.15, 0.2) is 18.2 Å². The largest absolute Gasteiger partial charge is 0.490 e. The van der Waals surface area contributed by atoms with Crippen LogP contribution in [0.3, 0.4) is 0 Å². The Labute approximate surface area is 134 Å². The molecule has 0 aliphatic carbocycles. The minimum absolute atomic E-state index is 0.00692. The van der Waals surface area contributed by atoms with E-state index in [-0.39, 0.29) is 13.0 Å². The standard InChI is InChI=1S/C16H21NO6/c1-3-22-13-6-5-10(7-14(13)23-4-2)15(19)17-9-11(18)8-12(17)16(20)21/h5-7,11-12,18H,3-4,8-9H2,1-2H3,(H,20,21). The zero-order valence-corrected chi connectivity index (χ0v) is 13.2. The molecule has 2 unspecified atom stereocenters. The number of nitrogens with zero attached hydrogens (tertiary/aromatic N) is 1. The number of β-amino-alcohol motifs (C(OH)–C–C–N with tert-alkyl or cyclic N) is 1. The lowest BCUT2D eigenvalue weighted by Gasteiger charge is -2.21. The first-order valence-electron chi connectivity index (χ1n) is 7.59. The van der Waals surface area contributed by atoms with Crippen molar-refractivity contribution >= 4 is 11.9 Å². The summed E-state index contributed by atoms with van der Waals surface area (Å²) in [7, 11) is 0. The van der Waals surface area contributed by atoms with Crippen LogP contribution in [0.5, 0.6) is 11.5 Å². The summed E-state index contributed by atoms with van der Waals surface area (Å²) < 4.78 is 10.9. The first kappa shape index (κ1) is 17.1. The van der Waals surface area contributed by atoms with Crippen molar-refractivity contribution in [2.24, 2.45) is 0 Å². The summed E-state index contributed by atoms with van der Waals surface area (Å²) in [5, 5.41) is 18.9. The van der Waals surface area contributed by atoms with Crippen LogP contribution in [0.25, 0.3) is 0 Å². The maximum Gasteiger partial charge on any atom is 0.326 e. The highest BCUT2D eigenvalue weighted by atomic mass is 16.5. The number of hydrogen-bond acceptors (Lipinski definition) is 5. The second-order valence-corrected chi connectivity index (χ2v) is 5.23. The maximum absolute atomic E-state index is 12.6. The van der Waals surface area contributed by atoms with Crippen LogP contribution < -0.4 is 9.47 Å². The molecule has 1 aromatic carbocycles. The molecule has 0 bridgehead atoms. The summed E-state index contributed by atoms with van der Waals surface area (Å²) in [6.07, 6.45) is -0.787. The Bertz CT molecular complexity index is 588. The number of likely N-dealkylation sites (tertiary alicyclic amines) is 1. The van der Waals surface area contributed by atoms with Crippen molar-refractivity contribution in [3.8, 4) is 11.5 Å². The summed E-state index contributed by atoms with van der Waals surface area (Å²) in [6.45, 7) is 4.55. The summed E-state index contributed by atoms with van der Waals surface area (Å²) in [4.78, 5) is 25.0. The number of carbonyl (C=O) groups excluding carboxylic acids is 1. The summed E-state index contributed by atoms with van der Waals surface area (Å²) >= 11 is 0. The number of hydrogen-bond donors (Lipinski definition) is 2. The Morgan fingerprint density at radius 3 is 2.48 bits per heavy atom. The van der Waals surface area contributed by atoms with Gasteiger partial charge in [-0.1, -0.05) is 0 Å². The predicted molar refractivity (Wildman–Crippen MR) is 81.9 cm³/mol. The number of rotatable bonds is 6. The first-order chi connectivity index (χ1) is 11.0. The van der Waals surface area contributed by atoms with Gasteiger partial charge >= 0.3 is 5.97 Å². The fraction of sp³-hybridized carbons (Fsp3) is 0.500. The van der Waals surface area contributed by atoms with Crippen LogP contribution in [0.4, 0.5) is 0 Å². The number of amides is 1. The van der Waals surface area contributed by atoms with Crippen molar-refractivity contribution < 1.29 is 29.3 Å². The molecule has 1 fully saturated rings. The van der Waals surface area contributed by atoms with Gasteiger partial charge in [-0.15, -0.1) is 0 Å². The van der Waals surface area contributed by atoms with Gasteiger partial charge < -0.3 is 24.6 Å². The summed E-state index contributed by atoms with van der Waals surface area (Å²) in [5.74, 6) is -0.599. The minimum atomic E-state index is -1.12. The van der Waals surface area contributed by atoms with E-state index in [1.807, 2.05) is 13.8 Å². The summed E-state index contributed by atoms with van der Waals surface area (Å²) in [5.41, 5.74) is 0.303. The molecule has 0 radical (unpaired) electrons. The molecule has 7 nitrogen and oxygen atoms in total. The molecule has 7 heteroatoms. The molecule has 0 aromatic heterocycles. The van der Waals surface area contributed by atoms with Crippen molar-refractivity contribution in [2.75, 3.05) is 19.8 Å². The van der Waals surface area contributed by atoms with Gasteiger partial charge in [0.2, 0.25) is 0 Å². The molecule has 23 heavy (non-hydrogen) atoms. The number of benzene rings is 1. The Morgan fingerprint density at radius 2 is 1.87 bits per heavy atom. The zero-order chi connectivity index (χ0) is 17.0. The van der Waals surface area contributed by atoms with E-state index in [1.165, 1.54) is 4.90 Å². The summed E-state index contributed by atoms with van der Waals surface area (Å²) in [6, 6.07) is 3.73. The fourth-order valence-corrected chi connectivity index (χ4v) is 2.62. The van der Waals surface area contributed by atoms with Gasteiger partial charge in [0.25, 0.3) is 5.91 Å². The highest BCUT2D eigenvalue weighted by Crippen LogP contribution is 2.30. The number of ether oxygens (including phenoxy) is 2. The molecule has 2 N–H and O–H groups in total. The van der Waals surface area contributed by atoms with Gasteiger partial charge in [-0.3, -0.25) is 4.79 Å². The molecule has 0 spiro atoms. The van der Waals surface area contributed by atoms with Crippen molar-refractivity contribution in [1.29, 1.82) is 0 Å². The van der Waals surface area contributed by atoms with E-state index >= 15 is 0 Å². The normalized spacial score (nSPS) is 20.4. The molecule has 1 aliphatic rings. The van der Waals surface area contributed by atoms with Crippen molar-refractivity contribution in [2.45, 2.75) is 32.4 Å². The third-order valence-corrected chi connectivity index (χ3v) is 3.62. The molecular formula is C16H21NO6. The average molecular weight is 323 g/mol. The molecular weight excluding hydrogens is 302 g/mol. The number of aliphatic carboxylic acids is 1. The van der Waals surface area contributed by atoms with Gasteiger partial charge in [0.15, 0.2) is 11.5 Å². The quantitative estimate of drug-likeness (QED) is 0.815. The van der Waals surface area contributed by atoms with Crippen LogP contribution in [0.1, 0.15) is 30.6 Å². The lowest BCUT2D eigenvalue weighted by molar-refractivity contribution is -0.141. The van der Waals surface area contributed by atoms with E-state index in [1.54, 1.807) is 18.2 Å². The Hall–Kier alpha value is -2.28. The lowest BCUT2D eigenvalue weighted by atomic mass is 10.1. The van der Waals surface area contributed by atoms with E-state index < -0.39 is 24.0 Å². The SMILES string of the molecule is CCOc1ccc(C(=O)N2CC(O)CC2C(=O)O)cc1OCC. The second-order valence-electron chi connectivity index (χ2n) is 5.23. The highest BCUT2D eigenvalue weighted by molar-refractivity contribution is 5.97. The molecule has 1 saturated heterocycles. The number of carboxylic acids is 1. The average Bonchev–Trinajstić information content (AvgIpc) is 2.91. The number of carbonyl (C=O) groups is 2.